The molecular weight excluding hydrogens is 567 g/mol. The van der Waals surface area contributed by atoms with Gasteiger partial charge in [-0.1, -0.05) is 72.8 Å². The van der Waals surface area contributed by atoms with Gasteiger partial charge < -0.3 is 8.80 Å². The van der Waals surface area contributed by atoms with E-state index in [1.165, 1.54) is 58.1 Å². The van der Waals surface area contributed by atoms with Gasteiger partial charge in [-0.3, -0.25) is 4.98 Å². The molecule has 0 saturated heterocycles. The number of benzene rings is 6. The maximum absolute atomic E-state index is 5.14. The predicted octanol–water partition coefficient (Wildman–Crippen LogP) is 11.4. The molecule has 0 radical (unpaired) electrons. The summed E-state index contributed by atoms with van der Waals surface area (Å²) in [6.07, 6.45) is 2.07. The van der Waals surface area contributed by atoms with E-state index in [1.807, 2.05) is 11.3 Å². The summed E-state index contributed by atoms with van der Waals surface area (Å²) in [5.41, 5.74) is 7.90. The third kappa shape index (κ3) is 3.11. The predicted molar refractivity (Wildman–Crippen MR) is 193 cm³/mol. The molecule has 14 rings (SSSR count). The fourth-order valence-corrected chi connectivity index (χ4v) is 8.68. The Labute approximate surface area is 260 Å². The standard InChI is InChI=1S/C41H23N3S/c1-3-7-35-30(5-1)34-23-42-39-31-6-2-4-8-36(31)44-29-17-11-25(12-18-29)27-14-20-38-33(22-27)32-21-26(13-19-37(32)45-38)24-9-15-28(16-10-24)43(35)40(34)41(39)44/h1-23H. The summed E-state index contributed by atoms with van der Waals surface area (Å²) in [5.74, 6) is 0. The van der Waals surface area contributed by atoms with E-state index in [0.29, 0.717) is 0 Å². The molecule has 14 aromatic rings. The monoisotopic (exact) mass is 589 g/mol. The second-order valence-corrected chi connectivity index (χ2v) is 13.1. The molecule has 45 heavy (non-hydrogen) atoms. The van der Waals surface area contributed by atoms with Crippen LogP contribution < -0.4 is 0 Å². The lowest BCUT2D eigenvalue weighted by Gasteiger charge is -2.05. The highest BCUT2D eigenvalue weighted by Crippen LogP contribution is 2.39. The SMILES string of the molecule is c1ccc2c(c1)c1cnc3c4ccccc4n4c5ccc(cc5)c5ccc6sc7ccc(cc7c6c5)c5ccc(cc5)n2c1c34. The first-order chi connectivity index (χ1) is 22.3. The second-order valence-electron chi connectivity index (χ2n) is 12.0. The van der Waals surface area contributed by atoms with Crippen LogP contribution in [0.5, 0.6) is 0 Å². The molecule has 6 aromatic carbocycles. The van der Waals surface area contributed by atoms with Crippen molar-refractivity contribution >= 4 is 108 Å². The minimum Gasteiger partial charge on any atom is -0.307 e. The second kappa shape index (κ2) is 8.47. The molecule has 0 atom stereocenters. The Morgan fingerprint density at radius 3 is 1.56 bits per heavy atom. The molecule has 0 saturated carbocycles. The Bertz CT molecular complexity index is 2850. The van der Waals surface area contributed by atoms with Crippen molar-refractivity contribution in [1.82, 2.24) is 13.8 Å². The van der Waals surface area contributed by atoms with Crippen LogP contribution in [0, 0.1) is 0 Å². The van der Waals surface area contributed by atoms with Crippen LogP contribution in [0.3, 0.4) is 0 Å². The van der Waals surface area contributed by atoms with Crippen molar-refractivity contribution in [3.63, 3.8) is 0 Å². The van der Waals surface area contributed by atoms with Crippen LogP contribution in [0.2, 0.25) is 0 Å². The molecule has 8 heterocycles. The molecule has 0 fully saturated rings. The lowest BCUT2D eigenvalue weighted by Crippen LogP contribution is -1.90. The minimum absolute atomic E-state index is 1.01. The molecule has 0 N–H and O–H groups in total. The van der Waals surface area contributed by atoms with Gasteiger partial charge in [-0.25, -0.2) is 0 Å². The lowest BCUT2D eigenvalue weighted by atomic mass is 10.1. The number of pyridine rings is 1. The van der Waals surface area contributed by atoms with Gasteiger partial charge >= 0.3 is 0 Å². The number of hydrogen-bond donors (Lipinski definition) is 0. The van der Waals surface area contributed by atoms with Crippen molar-refractivity contribution < 1.29 is 0 Å². The van der Waals surface area contributed by atoms with Gasteiger partial charge in [0.2, 0.25) is 0 Å². The van der Waals surface area contributed by atoms with E-state index in [2.05, 4.69) is 148 Å². The molecule has 208 valence electrons. The molecule has 3 nitrogen and oxygen atoms in total. The summed E-state index contributed by atoms with van der Waals surface area (Å²) in [6.45, 7) is 0. The molecule has 4 heteroatoms. The molecule has 8 bridgehead atoms. The average molecular weight is 590 g/mol. The maximum atomic E-state index is 5.14. The van der Waals surface area contributed by atoms with Gasteiger partial charge in [0.05, 0.1) is 27.6 Å². The van der Waals surface area contributed by atoms with Gasteiger partial charge in [0, 0.05) is 53.6 Å². The van der Waals surface area contributed by atoms with Crippen molar-refractivity contribution in [2.45, 2.75) is 0 Å². The summed E-state index contributed by atoms with van der Waals surface area (Å²) >= 11 is 1.87. The van der Waals surface area contributed by atoms with Crippen LogP contribution >= 0.6 is 11.3 Å². The zero-order valence-electron chi connectivity index (χ0n) is 24.0. The quantitative estimate of drug-likeness (QED) is 0.172. The first kappa shape index (κ1) is 23.7. The van der Waals surface area contributed by atoms with E-state index in [0.717, 1.165) is 38.4 Å². The summed E-state index contributed by atoms with van der Waals surface area (Å²) in [6, 6.07) is 49.3. The van der Waals surface area contributed by atoms with Crippen LogP contribution in [0.1, 0.15) is 0 Å². The van der Waals surface area contributed by atoms with E-state index in [4.69, 9.17) is 4.98 Å². The van der Waals surface area contributed by atoms with Gasteiger partial charge in [-0.15, -0.1) is 11.3 Å². The first-order valence-corrected chi connectivity index (χ1v) is 16.1. The Morgan fingerprint density at radius 2 is 0.933 bits per heavy atom. The van der Waals surface area contributed by atoms with Gasteiger partial charge in [0.25, 0.3) is 0 Å². The van der Waals surface area contributed by atoms with Crippen molar-refractivity contribution in [3.05, 3.63) is 140 Å². The molecule has 0 amide bonds. The largest absolute Gasteiger partial charge is 0.307 e. The van der Waals surface area contributed by atoms with Crippen LogP contribution in [0.25, 0.3) is 96.5 Å². The van der Waals surface area contributed by atoms with Crippen molar-refractivity contribution in [2.75, 3.05) is 0 Å². The summed E-state index contributed by atoms with van der Waals surface area (Å²) in [4.78, 5) is 5.14. The first-order valence-electron chi connectivity index (χ1n) is 15.3. The Morgan fingerprint density at radius 1 is 0.422 bits per heavy atom. The third-order valence-corrected chi connectivity index (χ3v) is 10.8. The number of rotatable bonds is 0. The van der Waals surface area contributed by atoms with Gasteiger partial charge in [0.15, 0.2) is 0 Å². The minimum atomic E-state index is 1.01. The Balaban J connectivity index is 1.46. The van der Waals surface area contributed by atoms with E-state index in [1.54, 1.807) is 0 Å². The zero-order valence-corrected chi connectivity index (χ0v) is 24.8. The molecule has 0 aliphatic heterocycles. The fourth-order valence-electron chi connectivity index (χ4n) is 7.61. The van der Waals surface area contributed by atoms with Crippen LogP contribution in [0.15, 0.2) is 140 Å². The highest BCUT2D eigenvalue weighted by Gasteiger charge is 2.18. The van der Waals surface area contributed by atoms with Crippen LogP contribution in [0.4, 0.5) is 0 Å². The number of hydrogen-bond acceptors (Lipinski definition) is 2. The average Bonchev–Trinajstić information content (AvgIpc) is 3.75. The fraction of sp³-hybridized carbons (Fsp3) is 0. The number of fused-ring (bicyclic) bond motifs is 4. The van der Waals surface area contributed by atoms with E-state index in [-0.39, 0.29) is 0 Å². The van der Waals surface area contributed by atoms with Crippen molar-refractivity contribution in [2.24, 2.45) is 0 Å². The van der Waals surface area contributed by atoms with Crippen molar-refractivity contribution in [3.8, 4) is 0 Å². The van der Waals surface area contributed by atoms with E-state index in [9.17, 15) is 0 Å². The number of thiophene rings is 1. The molecule has 0 unspecified atom stereocenters. The highest BCUT2D eigenvalue weighted by atomic mass is 32.1. The van der Waals surface area contributed by atoms with E-state index < -0.39 is 0 Å². The molecule has 0 aliphatic carbocycles. The normalized spacial score (nSPS) is 12.4. The van der Waals surface area contributed by atoms with E-state index >= 15 is 0 Å². The zero-order chi connectivity index (χ0) is 29.2. The molecule has 0 spiro atoms. The number of nitrogens with zero attached hydrogens (tertiary/aromatic N) is 3. The Kier molecular flexibility index (Phi) is 4.46. The lowest BCUT2D eigenvalue weighted by molar-refractivity contribution is 1.29. The topological polar surface area (TPSA) is 21.7 Å². The highest BCUT2D eigenvalue weighted by molar-refractivity contribution is 7.25. The van der Waals surface area contributed by atoms with Gasteiger partial charge in [-0.05, 0) is 82.2 Å². The third-order valence-electron chi connectivity index (χ3n) is 9.70. The maximum Gasteiger partial charge on any atom is 0.0985 e. The molecule has 8 aromatic heterocycles. The Hall–Kier alpha value is -5.71. The summed E-state index contributed by atoms with van der Waals surface area (Å²) in [7, 11) is 0. The number of para-hydroxylation sites is 2. The van der Waals surface area contributed by atoms with Crippen LogP contribution in [-0.4, -0.2) is 13.8 Å². The van der Waals surface area contributed by atoms with Gasteiger partial charge in [0.1, 0.15) is 0 Å². The van der Waals surface area contributed by atoms with Crippen molar-refractivity contribution in [1.29, 1.82) is 0 Å². The molecule has 0 aliphatic rings. The molecular formula is C41H23N3S. The summed E-state index contributed by atoms with van der Waals surface area (Å²) in [5, 5.41) is 11.0. The van der Waals surface area contributed by atoms with Gasteiger partial charge in [-0.2, -0.15) is 0 Å². The number of aromatic nitrogens is 3. The smallest absolute Gasteiger partial charge is 0.0985 e. The van der Waals surface area contributed by atoms with Crippen LogP contribution in [-0.2, 0) is 0 Å². The summed E-state index contributed by atoms with van der Waals surface area (Å²) < 4.78 is 7.48.